The van der Waals surface area contributed by atoms with Gasteiger partial charge in [0.15, 0.2) is 0 Å². The van der Waals surface area contributed by atoms with Gasteiger partial charge in [0.25, 0.3) is 0 Å². The van der Waals surface area contributed by atoms with Crippen molar-refractivity contribution >= 4 is 21.6 Å². The Kier molecular flexibility index (Phi) is 4.33. The van der Waals surface area contributed by atoms with Gasteiger partial charge in [0, 0.05) is 24.2 Å². The third kappa shape index (κ3) is 3.24. The number of nitrogens with zero attached hydrogens (tertiary/aromatic N) is 2. The fourth-order valence-electron chi connectivity index (χ4n) is 2.28. The predicted octanol–water partition coefficient (Wildman–Crippen LogP) is 3.31. The first-order valence-electron chi connectivity index (χ1n) is 6.95. The van der Waals surface area contributed by atoms with Crippen LogP contribution in [0.5, 0.6) is 11.6 Å². The maximum absolute atomic E-state index is 12.4. The molecule has 0 spiro atoms. The van der Waals surface area contributed by atoms with Crippen LogP contribution in [0.2, 0.25) is 5.02 Å². The highest BCUT2D eigenvalue weighted by atomic mass is 35.5. The van der Waals surface area contributed by atoms with Gasteiger partial charge in [-0.05, 0) is 43.2 Å². The third-order valence-corrected chi connectivity index (χ3v) is 5.58. The topological polar surface area (TPSA) is 59.5 Å². The Balaban J connectivity index is 1.76. The summed E-state index contributed by atoms with van der Waals surface area (Å²) in [4.78, 5) is 4.27. The molecule has 1 aromatic carbocycles. The normalized spacial score (nSPS) is 15.9. The second-order valence-corrected chi connectivity index (χ2v) is 7.37. The lowest BCUT2D eigenvalue weighted by atomic mass is 10.3. The smallest absolute Gasteiger partial charge is 0.244 e. The molecule has 0 bridgehead atoms. The largest absolute Gasteiger partial charge is 0.439 e. The number of benzene rings is 1. The van der Waals surface area contributed by atoms with Crippen molar-refractivity contribution in [3.63, 3.8) is 0 Å². The van der Waals surface area contributed by atoms with E-state index in [0.29, 0.717) is 29.7 Å². The van der Waals surface area contributed by atoms with E-state index in [-0.39, 0.29) is 4.90 Å². The zero-order chi connectivity index (χ0) is 15.6. The summed E-state index contributed by atoms with van der Waals surface area (Å²) in [6.45, 7) is 1.15. The van der Waals surface area contributed by atoms with Crippen molar-refractivity contribution in [1.82, 2.24) is 9.29 Å². The van der Waals surface area contributed by atoms with E-state index < -0.39 is 10.0 Å². The molecule has 0 saturated carbocycles. The highest BCUT2D eigenvalue weighted by molar-refractivity contribution is 7.89. The summed E-state index contributed by atoms with van der Waals surface area (Å²) < 4.78 is 31.8. The molecule has 0 atom stereocenters. The number of hydrogen-bond acceptors (Lipinski definition) is 4. The molecule has 1 saturated heterocycles. The van der Waals surface area contributed by atoms with Crippen LogP contribution in [0.1, 0.15) is 12.8 Å². The van der Waals surface area contributed by atoms with E-state index in [4.69, 9.17) is 16.3 Å². The average Bonchev–Trinajstić information content (AvgIpc) is 3.05. The van der Waals surface area contributed by atoms with Crippen LogP contribution >= 0.6 is 11.6 Å². The van der Waals surface area contributed by atoms with Gasteiger partial charge in [0.2, 0.25) is 15.9 Å². The van der Waals surface area contributed by atoms with E-state index >= 15 is 0 Å². The lowest BCUT2D eigenvalue weighted by Gasteiger charge is -2.15. The maximum atomic E-state index is 12.4. The van der Waals surface area contributed by atoms with Gasteiger partial charge < -0.3 is 4.74 Å². The van der Waals surface area contributed by atoms with Crippen LogP contribution < -0.4 is 4.74 Å². The van der Waals surface area contributed by atoms with Crippen molar-refractivity contribution in [3.05, 3.63) is 47.6 Å². The minimum absolute atomic E-state index is 0.192. The van der Waals surface area contributed by atoms with Crippen molar-refractivity contribution in [2.24, 2.45) is 0 Å². The third-order valence-electron chi connectivity index (χ3n) is 3.45. The Labute approximate surface area is 134 Å². The molecule has 1 aliphatic heterocycles. The van der Waals surface area contributed by atoms with Gasteiger partial charge in [-0.15, -0.1) is 0 Å². The second-order valence-electron chi connectivity index (χ2n) is 5.00. The molecule has 0 radical (unpaired) electrons. The molecule has 2 aromatic rings. The van der Waals surface area contributed by atoms with Crippen LogP contribution in [0.4, 0.5) is 0 Å². The van der Waals surface area contributed by atoms with E-state index in [9.17, 15) is 8.42 Å². The average molecular weight is 339 g/mol. The van der Waals surface area contributed by atoms with E-state index in [2.05, 4.69) is 4.98 Å². The van der Waals surface area contributed by atoms with Gasteiger partial charge in [-0.3, -0.25) is 0 Å². The zero-order valence-electron chi connectivity index (χ0n) is 11.8. The Hall–Kier alpha value is -1.63. The zero-order valence-corrected chi connectivity index (χ0v) is 13.3. The van der Waals surface area contributed by atoms with Gasteiger partial charge in [-0.2, -0.15) is 4.31 Å². The summed E-state index contributed by atoms with van der Waals surface area (Å²) in [5.74, 6) is 0.926. The fourth-order valence-corrected chi connectivity index (χ4v) is 3.87. The number of rotatable bonds is 4. The monoisotopic (exact) mass is 338 g/mol. The molecule has 1 aliphatic rings. The Morgan fingerprint density at radius 1 is 1.05 bits per heavy atom. The van der Waals surface area contributed by atoms with Crippen LogP contribution in [-0.2, 0) is 10.0 Å². The van der Waals surface area contributed by atoms with Crippen LogP contribution in [0.15, 0.2) is 47.5 Å². The summed E-state index contributed by atoms with van der Waals surface area (Å²) in [6, 6.07) is 9.94. The molecule has 0 unspecified atom stereocenters. The molecule has 1 aromatic heterocycles. The molecule has 5 nitrogen and oxygen atoms in total. The first kappa shape index (κ1) is 15.3. The molecular formula is C15H15ClN2O3S. The van der Waals surface area contributed by atoms with Gasteiger partial charge in [0.05, 0.1) is 6.20 Å². The summed E-state index contributed by atoms with van der Waals surface area (Å²) in [6.07, 6.45) is 3.15. The molecule has 116 valence electrons. The van der Waals surface area contributed by atoms with Crippen molar-refractivity contribution in [3.8, 4) is 11.6 Å². The van der Waals surface area contributed by atoms with Crippen LogP contribution in [-0.4, -0.2) is 30.8 Å². The lowest BCUT2D eigenvalue weighted by Crippen LogP contribution is -2.27. The van der Waals surface area contributed by atoms with Crippen molar-refractivity contribution in [2.75, 3.05) is 13.1 Å². The minimum atomic E-state index is -3.44. The number of sulfonamides is 1. The van der Waals surface area contributed by atoms with Crippen molar-refractivity contribution in [1.29, 1.82) is 0 Å². The van der Waals surface area contributed by atoms with Crippen LogP contribution in [0.3, 0.4) is 0 Å². The standard InChI is InChI=1S/C15H15ClN2O3S/c16-12-3-5-13(6-4-12)21-15-8-7-14(11-17-15)22(19,20)18-9-1-2-10-18/h3-8,11H,1-2,9-10H2. The van der Waals surface area contributed by atoms with Crippen molar-refractivity contribution in [2.45, 2.75) is 17.7 Å². The molecule has 0 N–H and O–H groups in total. The van der Waals surface area contributed by atoms with Gasteiger partial charge in [0.1, 0.15) is 10.6 Å². The van der Waals surface area contributed by atoms with Gasteiger partial charge >= 0.3 is 0 Å². The highest BCUT2D eigenvalue weighted by Gasteiger charge is 2.27. The number of ether oxygens (including phenoxy) is 1. The summed E-state index contributed by atoms with van der Waals surface area (Å²) >= 11 is 5.81. The SMILES string of the molecule is O=S(=O)(c1ccc(Oc2ccc(Cl)cc2)nc1)N1CCCC1. The number of halogens is 1. The summed E-state index contributed by atoms with van der Waals surface area (Å²) in [5, 5.41) is 0.618. The molecule has 22 heavy (non-hydrogen) atoms. The molecular weight excluding hydrogens is 324 g/mol. The highest BCUT2D eigenvalue weighted by Crippen LogP contribution is 2.24. The molecule has 3 rings (SSSR count). The molecule has 2 heterocycles. The molecule has 1 fully saturated rings. The Morgan fingerprint density at radius 2 is 1.73 bits per heavy atom. The van der Waals surface area contributed by atoms with E-state index in [1.54, 1.807) is 30.3 Å². The first-order chi connectivity index (χ1) is 10.6. The summed E-state index contributed by atoms with van der Waals surface area (Å²) in [7, 11) is -3.44. The molecule has 0 amide bonds. The number of pyridine rings is 1. The lowest BCUT2D eigenvalue weighted by molar-refractivity contribution is 0.459. The van der Waals surface area contributed by atoms with Gasteiger partial charge in [-0.25, -0.2) is 13.4 Å². The van der Waals surface area contributed by atoms with Crippen LogP contribution in [0.25, 0.3) is 0 Å². The van der Waals surface area contributed by atoms with Crippen LogP contribution in [0, 0.1) is 0 Å². The minimum Gasteiger partial charge on any atom is -0.439 e. The first-order valence-corrected chi connectivity index (χ1v) is 8.77. The predicted molar refractivity (Wildman–Crippen MR) is 83.8 cm³/mol. The van der Waals surface area contributed by atoms with Gasteiger partial charge in [-0.1, -0.05) is 11.6 Å². The van der Waals surface area contributed by atoms with Crippen molar-refractivity contribution < 1.29 is 13.2 Å². The maximum Gasteiger partial charge on any atom is 0.244 e. The Bertz CT molecular complexity index is 739. The number of hydrogen-bond donors (Lipinski definition) is 0. The molecule has 0 aliphatic carbocycles. The fraction of sp³-hybridized carbons (Fsp3) is 0.267. The summed E-state index contributed by atoms with van der Waals surface area (Å²) in [5.41, 5.74) is 0. The van der Waals surface area contributed by atoms with E-state index in [1.165, 1.54) is 16.6 Å². The molecule has 7 heteroatoms. The number of aromatic nitrogens is 1. The Morgan fingerprint density at radius 3 is 2.32 bits per heavy atom. The van der Waals surface area contributed by atoms with E-state index in [1.807, 2.05) is 0 Å². The quantitative estimate of drug-likeness (QED) is 0.858. The van der Waals surface area contributed by atoms with E-state index in [0.717, 1.165) is 12.8 Å². The second kappa shape index (κ2) is 6.24.